The SMILES string of the molecule is CNc1nc2cnc(-c3ccc(CO)cc3)cc2n1C. The van der Waals surface area contributed by atoms with Gasteiger partial charge in [0.05, 0.1) is 24.0 Å². The molecule has 0 aliphatic carbocycles. The first-order chi connectivity index (χ1) is 9.72. The van der Waals surface area contributed by atoms with Crippen LogP contribution in [-0.4, -0.2) is 26.7 Å². The van der Waals surface area contributed by atoms with E-state index < -0.39 is 0 Å². The van der Waals surface area contributed by atoms with E-state index in [4.69, 9.17) is 5.11 Å². The molecule has 0 saturated carbocycles. The molecule has 20 heavy (non-hydrogen) atoms. The molecule has 2 heterocycles. The predicted molar refractivity (Wildman–Crippen MR) is 79.4 cm³/mol. The monoisotopic (exact) mass is 268 g/mol. The van der Waals surface area contributed by atoms with Crippen LogP contribution in [0.5, 0.6) is 0 Å². The summed E-state index contributed by atoms with van der Waals surface area (Å²) < 4.78 is 2.00. The van der Waals surface area contributed by atoms with Crippen molar-refractivity contribution in [2.75, 3.05) is 12.4 Å². The quantitative estimate of drug-likeness (QED) is 0.764. The van der Waals surface area contributed by atoms with Gasteiger partial charge in [-0.15, -0.1) is 0 Å². The Morgan fingerprint density at radius 3 is 2.65 bits per heavy atom. The zero-order chi connectivity index (χ0) is 14.1. The first-order valence-electron chi connectivity index (χ1n) is 6.43. The van der Waals surface area contributed by atoms with Gasteiger partial charge in [0.2, 0.25) is 5.95 Å². The molecule has 0 aliphatic rings. The summed E-state index contributed by atoms with van der Waals surface area (Å²) in [6.07, 6.45) is 1.78. The highest BCUT2D eigenvalue weighted by Gasteiger charge is 2.08. The lowest BCUT2D eigenvalue weighted by Gasteiger charge is -2.04. The Morgan fingerprint density at radius 1 is 1.25 bits per heavy atom. The van der Waals surface area contributed by atoms with Crippen LogP contribution in [0.1, 0.15) is 5.56 Å². The fourth-order valence-corrected chi connectivity index (χ4v) is 2.26. The fraction of sp³-hybridized carbons (Fsp3) is 0.200. The van der Waals surface area contributed by atoms with Crippen LogP contribution in [-0.2, 0) is 13.7 Å². The Kier molecular flexibility index (Phi) is 3.12. The molecule has 0 fully saturated rings. The van der Waals surface area contributed by atoms with Gasteiger partial charge in [-0.05, 0) is 11.6 Å². The molecule has 2 N–H and O–H groups in total. The van der Waals surface area contributed by atoms with Gasteiger partial charge in [0, 0.05) is 19.7 Å². The Morgan fingerprint density at radius 2 is 2.00 bits per heavy atom. The van der Waals surface area contributed by atoms with Crippen LogP contribution in [0.4, 0.5) is 5.95 Å². The maximum Gasteiger partial charge on any atom is 0.203 e. The summed E-state index contributed by atoms with van der Waals surface area (Å²) in [5.41, 5.74) is 4.72. The minimum absolute atomic E-state index is 0.0556. The summed E-state index contributed by atoms with van der Waals surface area (Å²) in [6.45, 7) is 0.0556. The second-order valence-electron chi connectivity index (χ2n) is 4.66. The van der Waals surface area contributed by atoms with Gasteiger partial charge in [-0.25, -0.2) is 4.98 Å². The number of nitrogens with zero attached hydrogens (tertiary/aromatic N) is 3. The second kappa shape index (κ2) is 4.94. The first kappa shape index (κ1) is 12.6. The third-order valence-corrected chi connectivity index (χ3v) is 3.42. The lowest BCUT2D eigenvalue weighted by Crippen LogP contribution is -1.97. The number of pyridine rings is 1. The van der Waals surface area contributed by atoms with Crippen molar-refractivity contribution >= 4 is 17.0 Å². The highest BCUT2D eigenvalue weighted by Crippen LogP contribution is 2.23. The van der Waals surface area contributed by atoms with Gasteiger partial charge in [-0.1, -0.05) is 24.3 Å². The van der Waals surface area contributed by atoms with E-state index in [1.54, 1.807) is 6.20 Å². The Labute approximate surface area is 116 Å². The molecule has 0 radical (unpaired) electrons. The summed E-state index contributed by atoms with van der Waals surface area (Å²) in [5.74, 6) is 0.814. The molecule has 0 aliphatic heterocycles. The van der Waals surface area contributed by atoms with Crippen LogP contribution < -0.4 is 5.32 Å². The van der Waals surface area contributed by atoms with E-state index in [9.17, 15) is 0 Å². The number of benzene rings is 1. The number of hydrogen-bond donors (Lipinski definition) is 2. The molecule has 0 atom stereocenters. The average molecular weight is 268 g/mol. The number of imidazole rings is 1. The zero-order valence-electron chi connectivity index (χ0n) is 11.5. The number of fused-ring (bicyclic) bond motifs is 1. The standard InChI is InChI=1S/C15H16N4O/c1-16-15-18-13-8-17-12(7-14(13)19(15)2)11-5-3-10(9-20)4-6-11/h3-8,20H,9H2,1-2H3,(H,16,18). The molecule has 2 aromatic heterocycles. The zero-order valence-corrected chi connectivity index (χ0v) is 11.5. The molecular formula is C15H16N4O. The number of aliphatic hydroxyl groups excluding tert-OH is 1. The van der Waals surface area contributed by atoms with E-state index in [0.717, 1.165) is 33.8 Å². The van der Waals surface area contributed by atoms with Crippen LogP contribution in [0.25, 0.3) is 22.3 Å². The third-order valence-electron chi connectivity index (χ3n) is 3.42. The number of hydrogen-bond acceptors (Lipinski definition) is 4. The molecule has 1 aromatic carbocycles. The van der Waals surface area contributed by atoms with Crippen molar-refractivity contribution in [1.29, 1.82) is 0 Å². The number of rotatable bonds is 3. The molecule has 5 nitrogen and oxygen atoms in total. The van der Waals surface area contributed by atoms with Gasteiger partial charge in [-0.2, -0.15) is 0 Å². The number of nitrogens with one attached hydrogen (secondary N) is 1. The minimum atomic E-state index is 0.0556. The lowest BCUT2D eigenvalue weighted by atomic mass is 10.1. The molecule has 5 heteroatoms. The second-order valence-corrected chi connectivity index (χ2v) is 4.66. The highest BCUT2D eigenvalue weighted by molar-refractivity contribution is 5.81. The average Bonchev–Trinajstić information content (AvgIpc) is 2.83. The van der Waals surface area contributed by atoms with E-state index in [1.807, 2.05) is 49.0 Å². The Balaban J connectivity index is 2.09. The van der Waals surface area contributed by atoms with Crippen molar-refractivity contribution in [3.8, 4) is 11.3 Å². The van der Waals surface area contributed by atoms with Crippen LogP contribution in [0.15, 0.2) is 36.5 Å². The molecule has 3 rings (SSSR count). The predicted octanol–water partition coefficient (Wildman–Crippen LogP) is 2.17. The summed E-state index contributed by atoms with van der Waals surface area (Å²) in [6, 6.07) is 9.77. The third kappa shape index (κ3) is 2.02. The first-order valence-corrected chi connectivity index (χ1v) is 6.43. The topological polar surface area (TPSA) is 63.0 Å². The van der Waals surface area contributed by atoms with Crippen molar-refractivity contribution in [3.05, 3.63) is 42.1 Å². The van der Waals surface area contributed by atoms with Crippen molar-refractivity contribution < 1.29 is 5.11 Å². The van der Waals surface area contributed by atoms with Crippen molar-refractivity contribution in [1.82, 2.24) is 14.5 Å². The van der Waals surface area contributed by atoms with E-state index in [2.05, 4.69) is 15.3 Å². The molecule has 0 spiro atoms. The Hall–Kier alpha value is -2.40. The van der Waals surface area contributed by atoms with Gasteiger partial charge in [-0.3, -0.25) is 4.98 Å². The minimum Gasteiger partial charge on any atom is -0.392 e. The Bertz CT molecular complexity index is 746. The van der Waals surface area contributed by atoms with Gasteiger partial charge >= 0.3 is 0 Å². The van der Waals surface area contributed by atoms with Crippen molar-refractivity contribution in [2.45, 2.75) is 6.61 Å². The largest absolute Gasteiger partial charge is 0.392 e. The van der Waals surface area contributed by atoms with Crippen LogP contribution in [0.3, 0.4) is 0 Å². The van der Waals surface area contributed by atoms with E-state index in [0.29, 0.717) is 0 Å². The summed E-state index contributed by atoms with van der Waals surface area (Å²) in [5, 5.41) is 12.1. The van der Waals surface area contributed by atoms with Crippen LogP contribution in [0, 0.1) is 0 Å². The maximum atomic E-state index is 9.07. The van der Waals surface area contributed by atoms with E-state index in [1.165, 1.54) is 0 Å². The fourth-order valence-electron chi connectivity index (χ4n) is 2.26. The lowest BCUT2D eigenvalue weighted by molar-refractivity contribution is 0.282. The maximum absolute atomic E-state index is 9.07. The molecule has 0 bridgehead atoms. The van der Waals surface area contributed by atoms with Crippen LogP contribution >= 0.6 is 0 Å². The molecule has 0 saturated heterocycles. The molecule has 102 valence electrons. The number of aromatic nitrogens is 3. The summed E-state index contributed by atoms with van der Waals surface area (Å²) in [7, 11) is 3.82. The van der Waals surface area contributed by atoms with Gasteiger partial charge in [0.15, 0.2) is 0 Å². The smallest absolute Gasteiger partial charge is 0.203 e. The number of aryl methyl sites for hydroxylation is 1. The van der Waals surface area contributed by atoms with Gasteiger partial charge in [0.1, 0.15) is 5.52 Å². The molecular weight excluding hydrogens is 252 g/mol. The summed E-state index contributed by atoms with van der Waals surface area (Å²) in [4.78, 5) is 8.90. The van der Waals surface area contributed by atoms with Gasteiger partial charge in [0.25, 0.3) is 0 Å². The van der Waals surface area contributed by atoms with Crippen molar-refractivity contribution in [2.24, 2.45) is 7.05 Å². The highest BCUT2D eigenvalue weighted by atomic mass is 16.3. The van der Waals surface area contributed by atoms with Gasteiger partial charge < -0.3 is 15.0 Å². The number of aliphatic hydroxyl groups is 1. The normalized spacial score (nSPS) is 10.9. The molecule has 3 aromatic rings. The molecule has 0 amide bonds. The van der Waals surface area contributed by atoms with Crippen LogP contribution in [0.2, 0.25) is 0 Å². The van der Waals surface area contributed by atoms with E-state index >= 15 is 0 Å². The molecule has 0 unspecified atom stereocenters. The number of anilines is 1. The van der Waals surface area contributed by atoms with E-state index in [-0.39, 0.29) is 6.61 Å². The summed E-state index contributed by atoms with van der Waals surface area (Å²) >= 11 is 0. The van der Waals surface area contributed by atoms with Crippen molar-refractivity contribution in [3.63, 3.8) is 0 Å².